The van der Waals surface area contributed by atoms with Crippen LogP contribution in [-0.2, 0) is 0 Å². The van der Waals surface area contributed by atoms with E-state index in [0.29, 0.717) is 11.7 Å². The smallest absolute Gasteiger partial charge is 0.167 e. The fraction of sp³-hybridized carbons (Fsp3) is 0.250. The fourth-order valence-corrected chi connectivity index (χ4v) is 1.77. The van der Waals surface area contributed by atoms with Gasteiger partial charge in [0.25, 0.3) is 0 Å². The van der Waals surface area contributed by atoms with Crippen LogP contribution in [0.4, 0.5) is 0 Å². The number of nitrogens with one attached hydrogen (secondary N) is 2. The van der Waals surface area contributed by atoms with E-state index in [-0.39, 0.29) is 6.04 Å². The van der Waals surface area contributed by atoms with Crippen molar-refractivity contribution in [1.29, 1.82) is 0 Å². The summed E-state index contributed by atoms with van der Waals surface area (Å²) in [6.45, 7) is 6.38. The van der Waals surface area contributed by atoms with Crippen LogP contribution >= 0.6 is 28.1 Å². The largest absolute Gasteiger partial charge is 0.359 e. The molecule has 0 aliphatic heterocycles. The van der Waals surface area contributed by atoms with Crippen molar-refractivity contribution in [2.45, 2.75) is 13.0 Å². The summed E-state index contributed by atoms with van der Waals surface area (Å²) in [5.41, 5.74) is 1.20. The Kier molecular flexibility index (Phi) is 5.49. The van der Waals surface area contributed by atoms with Crippen molar-refractivity contribution in [3.63, 3.8) is 0 Å². The van der Waals surface area contributed by atoms with E-state index in [1.165, 1.54) is 5.56 Å². The highest BCUT2D eigenvalue weighted by molar-refractivity contribution is 9.10. The molecule has 0 amide bonds. The van der Waals surface area contributed by atoms with Gasteiger partial charge >= 0.3 is 0 Å². The maximum atomic E-state index is 5.14. The van der Waals surface area contributed by atoms with Crippen LogP contribution in [0.5, 0.6) is 0 Å². The number of hydrogen-bond acceptors (Lipinski definition) is 1. The summed E-state index contributed by atoms with van der Waals surface area (Å²) in [5, 5.41) is 6.89. The minimum Gasteiger partial charge on any atom is -0.359 e. The Morgan fingerprint density at radius 2 is 2.12 bits per heavy atom. The van der Waals surface area contributed by atoms with Crippen LogP contribution in [0.3, 0.4) is 0 Å². The minimum absolute atomic E-state index is 0.193. The van der Waals surface area contributed by atoms with Gasteiger partial charge in [0, 0.05) is 11.0 Å². The van der Waals surface area contributed by atoms with Gasteiger partial charge in [0.05, 0.1) is 6.04 Å². The first kappa shape index (κ1) is 13.2. The third kappa shape index (κ3) is 4.33. The third-order valence-corrected chi connectivity index (χ3v) is 2.92. The zero-order valence-electron chi connectivity index (χ0n) is 9.16. The third-order valence-electron chi connectivity index (χ3n) is 2.12. The van der Waals surface area contributed by atoms with Gasteiger partial charge in [-0.3, -0.25) is 0 Å². The molecule has 0 heterocycles. The highest BCUT2D eigenvalue weighted by atomic mass is 79.9. The second-order valence-electron chi connectivity index (χ2n) is 3.42. The topological polar surface area (TPSA) is 24.1 Å². The van der Waals surface area contributed by atoms with Crippen molar-refractivity contribution in [1.82, 2.24) is 10.6 Å². The summed E-state index contributed by atoms with van der Waals surface area (Å²) in [5.74, 6) is 0. The predicted octanol–water partition coefficient (Wildman–Crippen LogP) is 3.16. The van der Waals surface area contributed by atoms with Gasteiger partial charge in [0.15, 0.2) is 5.11 Å². The molecule has 1 aromatic rings. The Balaban J connectivity index is 2.51. The summed E-state index contributed by atoms with van der Waals surface area (Å²) in [6, 6.07) is 8.37. The first-order valence-corrected chi connectivity index (χ1v) is 6.24. The number of hydrogen-bond donors (Lipinski definition) is 2. The van der Waals surface area contributed by atoms with Gasteiger partial charge in [-0.1, -0.05) is 34.1 Å². The molecule has 0 aromatic heterocycles. The molecule has 1 aromatic carbocycles. The molecule has 0 radical (unpaired) electrons. The van der Waals surface area contributed by atoms with E-state index < -0.39 is 0 Å². The maximum absolute atomic E-state index is 5.14. The van der Waals surface area contributed by atoms with Crippen LogP contribution < -0.4 is 10.6 Å². The average molecular weight is 299 g/mol. The monoisotopic (exact) mass is 298 g/mol. The van der Waals surface area contributed by atoms with Crippen molar-refractivity contribution < 1.29 is 0 Å². The van der Waals surface area contributed by atoms with Gasteiger partial charge in [-0.15, -0.1) is 6.58 Å². The first-order valence-electron chi connectivity index (χ1n) is 5.04. The molecule has 0 aliphatic rings. The molecule has 0 aliphatic carbocycles. The first-order chi connectivity index (χ1) is 7.63. The van der Waals surface area contributed by atoms with Crippen LogP contribution in [0, 0.1) is 0 Å². The lowest BCUT2D eigenvalue weighted by Crippen LogP contribution is -2.36. The summed E-state index contributed by atoms with van der Waals surface area (Å²) >= 11 is 8.55. The molecule has 0 saturated heterocycles. The van der Waals surface area contributed by atoms with E-state index in [9.17, 15) is 0 Å². The molecule has 86 valence electrons. The maximum Gasteiger partial charge on any atom is 0.167 e. The summed E-state index contributed by atoms with van der Waals surface area (Å²) in [4.78, 5) is 0. The molecule has 0 fully saturated rings. The van der Waals surface area contributed by atoms with Crippen molar-refractivity contribution in [3.05, 3.63) is 47.0 Å². The van der Waals surface area contributed by atoms with E-state index in [1.54, 1.807) is 6.08 Å². The minimum atomic E-state index is 0.193. The lowest BCUT2D eigenvalue weighted by atomic mass is 10.1. The summed E-state index contributed by atoms with van der Waals surface area (Å²) in [7, 11) is 0. The Bertz CT molecular complexity index is 362. The zero-order chi connectivity index (χ0) is 12.0. The highest BCUT2D eigenvalue weighted by Gasteiger charge is 2.05. The molecule has 0 spiro atoms. The molecule has 1 rings (SSSR count). The van der Waals surface area contributed by atoms with Gasteiger partial charge in [0.1, 0.15) is 0 Å². The van der Waals surface area contributed by atoms with Gasteiger partial charge < -0.3 is 10.6 Å². The van der Waals surface area contributed by atoms with E-state index in [2.05, 4.69) is 52.2 Å². The van der Waals surface area contributed by atoms with E-state index in [4.69, 9.17) is 12.2 Å². The van der Waals surface area contributed by atoms with Crippen molar-refractivity contribution in [2.75, 3.05) is 6.54 Å². The van der Waals surface area contributed by atoms with E-state index in [1.807, 2.05) is 12.1 Å². The lowest BCUT2D eigenvalue weighted by molar-refractivity contribution is 0.705. The molecule has 1 atom stereocenters. The molecule has 0 saturated carbocycles. The molecule has 2 nitrogen and oxygen atoms in total. The van der Waals surface area contributed by atoms with Crippen LogP contribution in [0.2, 0.25) is 0 Å². The molecular weight excluding hydrogens is 284 g/mol. The van der Waals surface area contributed by atoms with Crippen molar-refractivity contribution in [3.8, 4) is 0 Å². The fourth-order valence-electron chi connectivity index (χ4n) is 1.25. The Morgan fingerprint density at radius 1 is 1.50 bits per heavy atom. The van der Waals surface area contributed by atoms with Gasteiger partial charge in [0.2, 0.25) is 0 Å². The van der Waals surface area contributed by atoms with Crippen LogP contribution in [0.25, 0.3) is 0 Å². The zero-order valence-corrected chi connectivity index (χ0v) is 11.6. The van der Waals surface area contributed by atoms with Crippen molar-refractivity contribution >= 4 is 33.3 Å². The predicted molar refractivity (Wildman–Crippen MR) is 76.5 cm³/mol. The molecule has 4 heteroatoms. The Hall–Kier alpha value is -0.870. The number of rotatable bonds is 4. The normalized spacial score (nSPS) is 11.6. The van der Waals surface area contributed by atoms with E-state index >= 15 is 0 Å². The number of benzene rings is 1. The SMILES string of the molecule is C=CCNC(=S)N[C@H](C)c1ccc(Br)cc1. The lowest BCUT2D eigenvalue weighted by Gasteiger charge is -2.16. The quantitative estimate of drug-likeness (QED) is 0.659. The summed E-state index contributed by atoms with van der Waals surface area (Å²) < 4.78 is 1.08. The number of halogens is 1. The van der Waals surface area contributed by atoms with Crippen LogP contribution in [0.15, 0.2) is 41.4 Å². The average Bonchev–Trinajstić information content (AvgIpc) is 2.27. The Labute approximate surface area is 110 Å². The molecule has 16 heavy (non-hydrogen) atoms. The second kappa shape index (κ2) is 6.66. The molecular formula is C12H15BrN2S. The highest BCUT2D eigenvalue weighted by Crippen LogP contribution is 2.16. The molecule has 0 unspecified atom stereocenters. The summed E-state index contributed by atoms with van der Waals surface area (Å²) in [6.07, 6.45) is 1.78. The molecule has 2 N–H and O–H groups in total. The van der Waals surface area contributed by atoms with Crippen LogP contribution in [-0.4, -0.2) is 11.7 Å². The van der Waals surface area contributed by atoms with Gasteiger partial charge in [-0.25, -0.2) is 0 Å². The van der Waals surface area contributed by atoms with E-state index in [0.717, 1.165) is 4.47 Å². The van der Waals surface area contributed by atoms with Crippen molar-refractivity contribution in [2.24, 2.45) is 0 Å². The Morgan fingerprint density at radius 3 is 2.69 bits per heavy atom. The second-order valence-corrected chi connectivity index (χ2v) is 4.74. The van der Waals surface area contributed by atoms with Crippen LogP contribution in [0.1, 0.15) is 18.5 Å². The number of thiocarbonyl (C=S) groups is 1. The van der Waals surface area contributed by atoms with Gasteiger partial charge in [-0.05, 0) is 36.8 Å². The molecule has 0 bridgehead atoms. The van der Waals surface area contributed by atoms with Gasteiger partial charge in [-0.2, -0.15) is 0 Å². The standard InChI is InChI=1S/C12H15BrN2S/c1-3-8-14-12(16)15-9(2)10-4-6-11(13)7-5-10/h3-7,9H,1,8H2,2H3,(H2,14,15,16)/t9-/m1/s1.